The Morgan fingerprint density at radius 3 is 2.58 bits per heavy atom. The minimum Gasteiger partial charge on any atom is -0.494 e. The fourth-order valence-corrected chi connectivity index (χ4v) is 5.08. The molecule has 1 atom stereocenters. The monoisotopic (exact) mass is 441 g/mol. The second-order valence-corrected chi connectivity index (χ2v) is 9.27. The van der Waals surface area contributed by atoms with Gasteiger partial charge < -0.3 is 14.5 Å². The van der Waals surface area contributed by atoms with Gasteiger partial charge in [0.15, 0.2) is 0 Å². The molecule has 0 N–H and O–H groups in total. The molecule has 7 heteroatoms. The summed E-state index contributed by atoms with van der Waals surface area (Å²) in [6.07, 6.45) is 5.11. The largest absolute Gasteiger partial charge is 0.494 e. The predicted molar refractivity (Wildman–Crippen MR) is 122 cm³/mol. The topological polar surface area (TPSA) is 53.1 Å². The third-order valence-corrected chi connectivity index (χ3v) is 7.08. The quantitative estimate of drug-likeness (QED) is 0.589. The molecule has 0 aliphatic carbocycles. The van der Waals surface area contributed by atoms with Crippen LogP contribution >= 0.6 is 11.3 Å². The molecule has 0 radical (unpaired) electrons. The Labute approximate surface area is 188 Å². The Hall–Kier alpha value is -2.38. The van der Waals surface area contributed by atoms with Gasteiger partial charge in [-0.3, -0.25) is 14.5 Å². The number of rotatable bonds is 8. The van der Waals surface area contributed by atoms with Crippen molar-refractivity contribution < 1.29 is 14.3 Å². The first-order valence-corrected chi connectivity index (χ1v) is 12.1. The van der Waals surface area contributed by atoms with Crippen molar-refractivity contribution in [3.05, 3.63) is 52.2 Å². The van der Waals surface area contributed by atoms with Crippen molar-refractivity contribution in [1.82, 2.24) is 14.7 Å². The van der Waals surface area contributed by atoms with Gasteiger partial charge in [0.25, 0.3) is 5.91 Å². The van der Waals surface area contributed by atoms with Crippen LogP contribution in [0.1, 0.15) is 40.9 Å². The van der Waals surface area contributed by atoms with E-state index in [1.807, 2.05) is 39.4 Å². The summed E-state index contributed by atoms with van der Waals surface area (Å²) in [5.74, 6) is 1.04. The lowest BCUT2D eigenvalue weighted by atomic mass is 9.99. The molecule has 1 aromatic heterocycles. The number of likely N-dealkylation sites (tertiary alicyclic amines) is 1. The van der Waals surface area contributed by atoms with Gasteiger partial charge in [0.1, 0.15) is 5.75 Å². The molecule has 0 unspecified atom stereocenters. The molecular formula is C24H31N3O3S. The number of thiophene rings is 1. The Morgan fingerprint density at radius 2 is 1.87 bits per heavy atom. The van der Waals surface area contributed by atoms with E-state index in [9.17, 15) is 9.59 Å². The highest BCUT2D eigenvalue weighted by Crippen LogP contribution is 2.24. The molecule has 0 bridgehead atoms. The molecule has 2 aromatic rings. The third kappa shape index (κ3) is 5.86. The summed E-state index contributed by atoms with van der Waals surface area (Å²) in [6, 6.07) is 12.4. The van der Waals surface area contributed by atoms with Crippen LogP contribution in [0.25, 0.3) is 0 Å². The number of piperazine rings is 1. The summed E-state index contributed by atoms with van der Waals surface area (Å²) in [7, 11) is 0. The van der Waals surface area contributed by atoms with Crippen LogP contribution in [0.15, 0.2) is 41.8 Å². The molecule has 4 rings (SSSR count). The maximum atomic E-state index is 12.8. The van der Waals surface area contributed by atoms with Crippen LogP contribution in [-0.4, -0.2) is 72.4 Å². The normalized spacial score (nSPS) is 19.9. The molecular weight excluding hydrogens is 410 g/mol. The van der Waals surface area contributed by atoms with E-state index in [0.29, 0.717) is 6.61 Å². The van der Waals surface area contributed by atoms with Crippen molar-refractivity contribution >= 4 is 23.7 Å². The summed E-state index contributed by atoms with van der Waals surface area (Å²) in [4.78, 5) is 30.7. The van der Waals surface area contributed by atoms with E-state index in [4.69, 9.17) is 4.74 Å². The van der Waals surface area contributed by atoms with Crippen LogP contribution in [-0.2, 0) is 11.3 Å². The predicted octanol–water partition coefficient (Wildman–Crippen LogP) is 3.49. The summed E-state index contributed by atoms with van der Waals surface area (Å²) >= 11 is 1.52. The molecule has 2 aliphatic heterocycles. The van der Waals surface area contributed by atoms with E-state index < -0.39 is 0 Å². The maximum Gasteiger partial charge on any atom is 0.264 e. The van der Waals surface area contributed by atoms with Crippen molar-refractivity contribution in [2.75, 3.05) is 39.3 Å². The minimum absolute atomic E-state index is 0.165. The van der Waals surface area contributed by atoms with Crippen LogP contribution in [0, 0.1) is 0 Å². The lowest BCUT2D eigenvalue weighted by Gasteiger charge is -2.35. The molecule has 166 valence electrons. The second-order valence-electron chi connectivity index (χ2n) is 8.32. The number of hydrogen-bond donors (Lipinski definition) is 0. The SMILES string of the molecule is O=CN1CCN(Cc2ccc(OCC[C@H]3CCCCN3C(=O)c3cccs3)cc2)CC1. The highest BCUT2D eigenvalue weighted by Gasteiger charge is 2.27. The molecule has 0 saturated carbocycles. The van der Waals surface area contributed by atoms with Gasteiger partial charge >= 0.3 is 0 Å². The van der Waals surface area contributed by atoms with Crippen LogP contribution in [0.3, 0.4) is 0 Å². The zero-order valence-electron chi connectivity index (χ0n) is 17.9. The zero-order valence-corrected chi connectivity index (χ0v) is 18.8. The molecule has 2 amide bonds. The summed E-state index contributed by atoms with van der Waals surface area (Å²) in [5.41, 5.74) is 1.26. The molecule has 0 spiro atoms. The number of ether oxygens (including phenoxy) is 1. The molecule has 2 saturated heterocycles. The van der Waals surface area contributed by atoms with E-state index in [1.54, 1.807) is 0 Å². The van der Waals surface area contributed by atoms with Crippen molar-refractivity contribution in [2.45, 2.75) is 38.3 Å². The lowest BCUT2D eigenvalue weighted by Crippen LogP contribution is -2.45. The fourth-order valence-electron chi connectivity index (χ4n) is 4.40. The number of carbonyl (C=O) groups is 2. The molecule has 6 nitrogen and oxygen atoms in total. The Morgan fingerprint density at radius 1 is 1.06 bits per heavy atom. The fraction of sp³-hybridized carbons (Fsp3) is 0.500. The highest BCUT2D eigenvalue weighted by atomic mass is 32.1. The smallest absolute Gasteiger partial charge is 0.264 e. The van der Waals surface area contributed by atoms with E-state index in [0.717, 1.165) is 75.6 Å². The lowest BCUT2D eigenvalue weighted by molar-refractivity contribution is -0.119. The average Bonchev–Trinajstić information content (AvgIpc) is 3.36. The van der Waals surface area contributed by atoms with Gasteiger partial charge in [-0.2, -0.15) is 0 Å². The van der Waals surface area contributed by atoms with Gasteiger partial charge in [0, 0.05) is 51.7 Å². The molecule has 2 aliphatic rings. The van der Waals surface area contributed by atoms with Gasteiger partial charge in [-0.05, 0) is 48.4 Å². The van der Waals surface area contributed by atoms with Gasteiger partial charge in [-0.25, -0.2) is 0 Å². The Kier molecular flexibility index (Phi) is 7.59. The van der Waals surface area contributed by atoms with Crippen molar-refractivity contribution in [1.29, 1.82) is 0 Å². The molecule has 3 heterocycles. The highest BCUT2D eigenvalue weighted by molar-refractivity contribution is 7.12. The summed E-state index contributed by atoms with van der Waals surface area (Å²) < 4.78 is 6.01. The van der Waals surface area contributed by atoms with Crippen molar-refractivity contribution in [3.8, 4) is 5.75 Å². The van der Waals surface area contributed by atoms with Crippen LogP contribution in [0.4, 0.5) is 0 Å². The third-order valence-electron chi connectivity index (χ3n) is 6.23. The number of piperidine rings is 1. The average molecular weight is 442 g/mol. The van der Waals surface area contributed by atoms with Gasteiger partial charge in [-0.1, -0.05) is 18.2 Å². The number of amides is 2. The second kappa shape index (κ2) is 10.8. The van der Waals surface area contributed by atoms with Crippen LogP contribution in [0.2, 0.25) is 0 Å². The van der Waals surface area contributed by atoms with E-state index >= 15 is 0 Å². The Balaban J connectivity index is 1.23. The first kappa shape index (κ1) is 21.8. The van der Waals surface area contributed by atoms with Crippen molar-refractivity contribution in [3.63, 3.8) is 0 Å². The van der Waals surface area contributed by atoms with E-state index in [2.05, 4.69) is 17.0 Å². The van der Waals surface area contributed by atoms with Crippen LogP contribution in [0.5, 0.6) is 5.75 Å². The molecule has 31 heavy (non-hydrogen) atoms. The number of carbonyl (C=O) groups excluding carboxylic acids is 2. The zero-order chi connectivity index (χ0) is 21.5. The number of nitrogens with zero attached hydrogens (tertiary/aromatic N) is 3. The summed E-state index contributed by atoms with van der Waals surface area (Å²) in [5, 5.41) is 1.96. The van der Waals surface area contributed by atoms with Gasteiger partial charge in [-0.15, -0.1) is 11.3 Å². The van der Waals surface area contributed by atoms with Crippen LogP contribution < -0.4 is 4.74 Å². The number of hydrogen-bond acceptors (Lipinski definition) is 5. The number of benzene rings is 1. The van der Waals surface area contributed by atoms with E-state index in [-0.39, 0.29) is 11.9 Å². The van der Waals surface area contributed by atoms with Crippen molar-refractivity contribution in [2.24, 2.45) is 0 Å². The maximum absolute atomic E-state index is 12.8. The molecule has 2 fully saturated rings. The Bertz CT molecular complexity index is 832. The summed E-state index contributed by atoms with van der Waals surface area (Å²) in [6.45, 7) is 5.80. The van der Waals surface area contributed by atoms with E-state index in [1.165, 1.54) is 23.3 Å². The minimum atomic E-state index is 0.165. The van der Waals surface area contributed by atoms with Gasteiger partial charge in [0.2, 0.25) is 6.41 Å². The first-order chi connectivity index (χ1) is 15.2. The first-order valence-electron chi connectivity index (χ1n) is 11.2. The standard InChI is InChI=1S/C24H31N3O3S/c28-19-26-14-12-25(13-15-26)18-20-6-8-22(9-7-20)30-16-10-21-4-1-2-11-27(21)24(29)23-5-3-17-31-23/h3,5-9,17,19,21H,1-2,4,10-16,18H2/t21-/m1/s1. The molecule has 1 aromatic carbocycles. The van der Waals surface area contributed by atoms with Gasteiger partial charge in [0.05, 0.1) is 11.5 Å².